The highest BCUT2D eigenvalue weighted by Gasteiger charge is 2.30. The predicted octanol–water partition coefficient (Wildman–Crippen LogP) is 0.132. The lowest BCUT2D eigenvalue weighted by molar-refractivity contribution is -0.132. The third-order valence-electron chi connectivity index (χ3n) is 4.60. The van der Waals surface area contributed by atoms with Crippen molar-refractivity contribution in [1.82, 2.24) is 14.5 Å². The van der Waals surface area contributed by atoms with Gasteiger partial charge in [-0.2, -0.15) is 0 Å². The highest BCUT2D eigenvalue weighted by molar-refractivity contribution is 5.79. The number of carbonyl (C=O) groups excluding carboxylic acids is 1. The summed E-state index contributed by atoms with van der Waals surface area (Å²) in [6, 6.07) is 7.03. The summed E-state index contributed by atoms with van der Waals surface area (Å²) in [6.07, 6.45) is 2.81. The van der Waals surface area contributed by atoms with Gasteiger partial charge in [0.1, 0.15) is 6.54 Å². The van der Waals surface area contributed by atoms with Crippen LogP contribution in [0.4, 0.5) is 0 Å². The first-order chi connectivity index (χ1) is 11.5. The fourth-order valence-corrected chi connectivity index (χ4v) is 3.05. The number of hydrogen-bond donors (Lipinski definition) is 2. The van der Waals surface area contributed by atoms with E-state index in [-0.39, 0.29) is 24.6 Å². The summed E-state index contributed by atoms with van der Waals surface area (Å²) in [5.74, 6) is -0.184. The molecule has 1 aliphatic heterocycles. The number of likely N-dealkylation sites (tertiary alicyclic amines) is 1. The van der Waals surface area contributed by atoms with Crippen LogP contribution in [-0.2, 0) is 11.3 Å². The standard InChI is InChI=1S/C17H21N3O4/c21-11-17(24)6-3-8-19(9-7-17)15(22)10-20-12-18-14-5-2-1-4-13(14)16(20)23/h1-2,4-5,12,21,24H,3,6-11H2/t17-/m0/s1. The number of nitrogens with zero attached hydrogens (tertiary/aromatic N) is 3. The molecule has 2 N–H and O–H groups in total. The number of para-hydroxylation sites is 1. The Kier molecular flexibility index (Phi) is 4.64. The molecule has 1 fully saturated rings. The van der Waals surface area contributed by atoms with E-state index in [0.717, 1.165) is 0 Å². The topological polar surface area (TPSA) is 95.7 Å². The zero-order chi connectivity index (χ0) is 17.2. The number of benzene rings is 1. The van der Waals surface area contributed by atoms with Gasteiger partial charge >= 0.3 is 0 Å². The van der Waals surface area contributed by atoms with Gasteiger partial charge in [-0.25, -0.2) is 4.98 Å². The van der Waals surface area contributed by atoms with Gasteiger partial charge in [-0.3, -0.25) is 14.2 Å². The number of amides is 1. The van der Waals surface area contributed by atoms with E-state index in [1.807, 2.05) is 6.07 Å². The highest BCUT2D eigenvalue weighted by Crippen LogP contribution is 2.21. The van der Waals surface area contributed by atoms with Crippen LogP contribution in [0.1, 0.15) is 19.3 Å². The Balaban J connectivity index is 1.75. The molecule has 24 heavy (non-hydrogen) atoms. The van der Waals surface area contributed by atoms with E-state index < -0.39 is 5.60 Å². The van der Waals surface area contributed by atoms with Gasteiger partial charge in [-0.1, -0.05) is 12.1 Å². The van der Waals surface area contributed by atoms with E-state index in [9.17, 15) is 19.8 Å². The fraction of sp³-hybridized carbons (Fsp3) is 0.471. The van der Waals surface area contributed by atoms with Gasteiger partial charge in [0.2, 0.25) is 5.91 Å². The van der Waals surface area contributed by atoms with Crippen molar-refractivity contribution in [2.24, 2.45) is 0 Å². The quantitative estimate of drug-likeness (QED) is 0.834. The lowest BCUT2D eigenvalue weighted by Gasteiger charge is -2.24. The summed E-state index contributed by atoms with van der Waals surface area (Å²) in [7, 11) is 0. The first kappa shape index (κ1) is 16.6. The van der Waals surface area contributed by atoms with Crippen LogP contribution in [-0.4, -0.2) is 55.9 Å². The van der Waals surface area contributed by atoms with Gasteiger partial charge in [0.25, 0.3) is 5.56 Å². The molecule has 0 radical (unpaired) electrons. The number of fused-ring (bicyclic) bond motifs is 1. The maximum Gasteiger partial charge on any atom is 0.261 e. The summed E-state index contributed by atoms with van der Waals surface area (Å²) in [4.78, 5) is 30.8. The molecule has 1 atom stereocenters. The number of aromatic nitrogens is 2. The predicted molar refractivity (Wildman–Crippen MR) is 88.5 cm³/mol. The van der Waals surface area contributed by atoms with Gasteiger partial charge in [-0.05, 0) is 31.4 Å². The smallest absolute Gasteiger partial charge is 0.261 e. The van der Waals surface area contributed by atoms with Crippen LogP contribution >= 0.6 is 0 Å². The van der Waals surface area contributed by atoms with Crippen molar-refractivity contribution in [2.75, 3.05) is 19.7 Å². The monoisotopic (exact) mass is 331 g/mol. The Hall–Kier alpha value is -2.25. The van der Waals surface area contributed by atoms with E-state index in [1.54, 1.807) is 23.1 Å². The van der Waals surface area contributed by atoms with Crippen molar-refractivity contribution < 1.29 is 15.0 Å². The molecule has 1 saturated heterocycles. The molecule has 7 nitrogen and oxygen atoms in total. The normalized spacial score (nSPS) is 21.7. The molecule has 3 rings (SSSR count). The highest BCUT2D eigenvalue weighted by atomic mass is 16.3. The van der Waals surface area contributed by atoms with Gasteiger partial charge < -0.3 is 15.1 Å². The maximum absolute atomic E-state index is 12.5. The molecule has 0 unspecified atom stereocenters. The SMILES string of the molecule is O=C(Cn1cnc2ccccc2c1=O)N1CCC[C@@](O)(CO)CC1. The minimum Gasteiger partial charge on any atom is -0.393 e. The van der Waals surface area contributed by atoms with Gasteiger partial charge in [0.05, 0.1) is 29.4 Å². The number of aliphatic hydroxyl groups excluding tert-OH is 1. The molecule has 128 valence electrons. The van der Waals surface area contributed by atoms with Crippen LogP contribution in [0.25, 0.3) is 10.9 Å². The van der Waals surface area contributed by atoms with Crippen LogP contribution < -0.4 is 5.56 Å². The lowest BCUT2D eigenvalue weighted by atomic mass is 9.96. The Labute approximate surface area is 139 Å². The molecule has 0 aliphatic carbocycles. The second-order valence-electron chi connectivity index (χ2n) is 6.31. The van der Waals surface area contributed by atoms with E-state index in [0.29, 0.717) is 43.3 Å². The number of aliphatic hydroxyl groups is 2. The molecular weight excluding hydrogens is 310 g/mol. The number of hydrogen-bond acceptors (Lipinski definition) is 5. The Bertz CT molecular complexity index is 804. The van der Waals surface area contributed by atoms with E-state index in [2.05, 4.69) is 4.98 Å². The van der Waals surface area contributed by atoms with Gasteiger partial charge in [0, 0.05) is 13.1 Å². The van der Waals surface area contributed by atoms with Crippen molar-refractivity contribution in [3.05, 3.63) is 40.9 Å². The molecule has 0 bridgehead atoms. The second-order valence-corrected chi connectivity index (χ2v) is 6.31. The largest absolute Gasteiger partial charge is 0.393 e. The van der Waals surface area contributed by atoms with Crippen LogP contribution in [0.5, 0.6) is 0 Å². The fourth-order valence-electron chi connectivity index (χ4n) is 3.05. The minimum absolute atomic E-state index is 0.0752. The van der Waals surface area contributed by atoms with Crippen molar-refractivity contribution in [3.63, 3.8) is 0 Å². The molecule has 0 spiro atoms. The first-order valence-corrected chi connectivity index (χ1v) is 8.08. The first-order valence-electron chi connectivity index (χ1n) is 8.08. The summed E-state index contributed by atoms with van der Waals surface area (Å²) in [6.45, 7) is 0.500. The second kappa shape index (κ2) is 6.70. The molecule has 0 saturated carbocycles. The van der Waals surface area contributed by atoms with Crippen molar-refractivity contribution >= 4 is 16.8 Å². The molecule has 1 amide bonds. The van der Waals surface area contributed by atoms with Gasteiger partial charge in [-0.15, -0.1) is 0 Å². The van der Waals surface area contributed by atoms with E-state index >= 15 is 0 Å². The van der Waals surface area contributed by atoms with Crippen LogP contribution in [0.3, 0.4) is 0 Å². The molecule has 2 aromatic rings. The molecule has 1 aliphatic rings. The van der Waals surface area contributed by atoms with Gasteiger partial charge in [0.15, 0.2) is 0 Å². The van der Waals surface area contributed by atoms with Crippen molar-refractivity contribution in [3.8, 4) is 0 Å². The molecule has 2 heterocycles. The minimum atomic E-state index is -1.11. The third-order valence-corrected chi connectivity index (χ3v) is 4.60. The van der Waals surface area contributed by atoms with Crippen LogP contribution in [0.2, 0.25) is 0 Å². The average Bonchev–Trinajstić information content (AvgIpc) is 2.80. The third kappa shape index (κ3) is 3.32. The Morgan fingerprint density at radius 1 is 1.25 bits per heavy atom. The summed E-state index contributed by atoms with van der Waals surface area (Å²) in [5, 5.41) is 19.9. The van der Waals surface area contributed by atoms with Crippen LogP contribution in [0.15, 0.2) is 35.4 Å². The molecule has 1 aromatic heterocycles. The van der Waals surface area contributed by atoms with E-state index in [4.69, 9.17) is 0 Å². The molecular formula is C17H21N3O4. The maximum atomic E-state index is 12.5. The average molecular weight is 331 g/mol. The zero-order valence-electron chi connectivity index (χ0n) is 13.4. The van der Waals surface area contributed by atoms with E-state index in [1.165, 1.54) is 10.9 Å². The number of rotatable bonds is 3. The summed E-state index contributed by atoms with van der Waals surface area (Å²) in [5.41, 5.74) is -0.749. The Morgan fingerprint density at radius 3 is 2.83 bits per heavy atom. The van der Waals surface area contributed by atoms with Crippen molar-refractivity contribution in [2.45, 2.75) is 31.4 Å². The van der Waals surface area contributed by atoms with Crippen LogP contribution in [0, 0.1) is 0 Å². The lowest BCUT2D eigenvalue weighted by Crippen LogP contribution is -2.39. The molecule has 7 heteroatoms. The molecule has 1 aromatic carbocycles. The Morgan fingerprint density at radius 2 is 2.04 bits per heavy atom. The summed E-state index contributed by atoms with van der Waals surface area (Å²) < 4.78 is 1.31. The summed E-state index contributed by atoms with van der Waals surface area (Å²) >= 11 is 0. The zero-order valence-corrected chi connectivity index (χ0v) is 13.4. The number of carbonyl (C=O) groups is 1. The van der Waals surface area contributed by atoms with Crippen molar-refractivity contribution in [1.29, 1.82) is 0 Å².